The van der Waals surface area contributed by atoms with Crippen molar-refractivity contribution in [1.82, 2.24) is 4.98 Å². The van der Waals surface area contributed by atoms with Gasteiger partial charge in [0.1, 0.15) is 23.0 Å². The lowest BCUT2D eigenvalue weighted by atomic mass is 9.95. The van der Waals surface area contributed by atoms with Gasteiger partial charge in [-0.3, -0.25) is 14.5 Å². The van der Waals surface area contributed by atoms with Crippen LogP contribution in [-0.2, 0) is 20.9 Å². The summed E-state index contributed by atoms with van der Waals surface area (Å²) in [6.07, 6.45) is 0. The minimum atomic E-state index is -1.10. The van der Waals surface area contributed by atoms with Gasteiger partial charge in [0, 0.05) is 5.56 Å². The van der Waals surface area contributed by atoms with E-state index in [4.69, 9.17) is 32.7 Å². The van der Waals surface area contributed by atoms with Crippen LogP contribution in [0.25, 0.3) is 5.76 Å². The Bertz CT molecular complexity index is 1770. The number of halogens is 2. The number of esters is 1. The van der Waals surface area contributed by atoms with Crippen LogP contribution < -0.4 is 9.64 Å². The monoisotopic (exact) mass is 636 g/mol. The lowest BCUT2D eigenvalue weighted by Crippen LogP contribution is -2.29. The normalized spacial score (nSPS) is 16.0. The lowest BCUT2D eigenvalue weighted by molar-refractivity contribution is -0.132. The fraction of sp³-hybridized carbons (Fsp3) is 0.188. The standard InChI is InChI=1S/C32H26Cl2N2O6S/c1-4-41-31(40)29-18(3)35-32(43-29)36-26(21-10-13-23(33)24(34)15-21)25(28(38)30(36)39)27(37)20-8-11-22(12-9-20)42-16-19-7-5-6-17(2)14-19/h5-15,26,37H,4,16H2,1-3H3/b27-25+. The van der Waals surface area contributed by atoms with Crippen molar-refractivity contribution in [3.63, 3.8) is 0 Å². The summed E-state index contributed by atoms with van der Waals surface area (Å²) in [5.74, 6) is -2.25. The molecule has 1 N–H and O–H groups in total. The molecule has 1 atom stereocenters. The van der Waals surface area contributed by atoms with E-state index >= 15 is 0 Å². The van der Waals surface area contributed by atoms with E-state index in [0.29, 0.717) is 29.2 Å². The predicted octanol–water partition coefficient (Wildman–Crippen LogP) is 7.45. The third kappa shape index (κ3) is 6.15. The van der Waals surface area contributed by atoms with Gasteiger partial charge in [-0.1, -0.05) is 70.4 Å². The number of nitrogens with zero attached hydrogens (tertiary/aromatic N) is 2. The molecular formula is C32H26Cl2N2O6S. The number of ether oxygens (including phenoxy) is 2. The second kappa shape index (κ2) is 12.6. The van der Waals surface area contributed by atoms with Gasteiger partial charge in [-0.2, -0.15) is 0 Å². The molecule has 5 rings (SSSR count). The molecular weight excluding hydrogens is 611 g/mol. The van der Waals surface area contributed by atoms with Crippen LogP contribution in [0.2, 0.25) is 10.0 Å². The van der Waals surface area contributed by atoms with Gasteiger partial charge in [0.2, 0.25) is 0 Å². The van der Waals surface area contributed by atoms with Gasteiger partial charge in [0.25, 0.3) is 5.78 Å². The first-order valence-electron chi connectivity index (χ1n) is 13.3. The maximum atomic E-state index is 13.5. The highest BCUT2D eigenvalue weighted by Gasteiger charge is 2.48. The fourth-order valence-electron chi connectivity index (χ4n) is 4.73. The summed E-state index contributed by atoms with van der Waals surface area (Å²) in [5, 5.41) is 12.0. The van der Waals surface area contributed by atoms with E-state index in [1.807, 2.05) is 31.2 Å². The van der Waals surface area contributed by atoms with Crippen LogP contribution in [0.4, 0.5) is 5.13 Å². The SMILES string of the molecule is CCOC(=O)c1sc(N2C(=O)C(=O)/C(=C(/O)c3ccc(OCc4cccc(C)c4)cc3)C2c2ccc(Cl)c(Cl)c2)nc1C. The zero-order chi connectivity index (χ0) is 30.8. The Hall–Kier alpha value is -4.18. The number of Topliss-reactive ketones (excluding diaryl/α,β-unsaturated/α-hetero) is 1. The molecule has 1 aliphatic rings. The number of aliphatic hydroxyl groups is 1. The van der Waals surface area contributed by atoms with Crippen molar-refractivity contribution in [3.8, 4) is 5.75 Å². The van der Waals surface area contributed by atoms with Gasteiger partial charge >= 0.3 is 11.9 Å². The number of ketones is 1. The molecule has 1 amide bonds. The molecule has 11 heteroatoms. The molecule has 43 heavy (non-hydrogen) atoms. The summed E-state index contributed by atoms with van der Waals surface area (Å²) < 4.78 is 11.0. The lowest BCUT2D eigenvalue weighted by Gasteiger charge is -2.23. The molecule has 1 fully saturated rings. The summed E-state index contributed by atoms with van der Waals surface area (Å²) in [5.41, 5.74) is 3.03. The van der Waals surface area contributed by atoms with Crippen LogP contribution in [0.3, 0.4) is 0 Å². The van der Waals surface area contributed by atoms with Crippen molar-refractivity contribution in [3.05, 3.63) is 115 Å². The zero-order valence-electron chi connectivity index (χ0n) is 23.4. The Morgan fingerprint density at radius 3 is 2.44 bits per heavy atom. The first kappa shape index (κ1) is 30.3. The Labute approximate surface area is 262 Å². The number of aromatic nitrogens is 1. The molecule has 8 nitrogen and oxygen atoms in total. The highest BCUT2D eigenvalue weighted by atomic mass is 35.5. The molecule has 0 bridgehead atoms. The maximum Gasteiger partial charge on any atom is 0.350 e. The smallest absolute Gasteiger partial charge is 0.350 e. The largest absolute Gasteiger partial charge is 0.507 e. The summed E-state index contributed by atoms with van der Waals surface area (Å²) in [6, 6.07) is 18.1. The molecule has 2 heterocycles. The molecule has 1 aromatic heterocycles. The third-order valence-electron chi connectivity index (χ3n) is 6.77. The second-order valence-corrected chi connectivity index (χ2v) is 11.6. The number of carbonyl (C=O) groups is 3. The summed E-state index contributed by atoms with van der Waals surface area (Å²) in [6.45, 7) is 5.82. The fourth-order valence-corrected chi connectivity index (χ4v) is 6.03. The summed E-state index contributed by atoms with van der Waals surface area (Å²) in [7, 11) is 0. The van der Waals surface area contributed by atoms with Crippen molar-refractivity contribution >= 4 is 63.1 Å². The van der Waals surface area contributed by atoms with E-state index < -0.39 is 23.7 Å². The number of carbonyl (C=O) groups excluding carboxylic acids is 3. The molecule has 0 radical (unpaired) electrons. The summed E-state index contributed by atoms with van der Waals surface area (Å²) in [4.78, 5) is 45.3. The highest BCUT2D eigenvalue weighted by molar-refractivity contribution is 7.17. The van der Waals surface area contributed by atoms with E-state index in [1.165, 1.54) is 12.1 Å². The first-order chi connectivity index (χ1) is 20.6. The molecule has 220 valence electrons. The highest BCUT2D eigenvalue weighted by Crippen LogP contribution is 2.45. The van der Waals surface area contributed by atoms with E-state index in [-0.39, 0.29) is 38.0 Å². The van der Waals surface area contributed by atoms with E-state index in [2.05, 4.69) is 4.98 Å². The van der Waals surface area contributed by atoms with Gasteiger partial charge < -0.3 is 14.6 Å². The first-order valence-corrected chi connectivity index (χ1v) is 14.9. The Morgan fingerprint density at radius 1 is 1.02 bits per heavy atom. The molecule has 0 saturated carbocycles. The van der Waals surface area contributed by atoms with Crippen molar-refractivity contribution in [1.29, 1.82) is 0 Å². The van der Waals surface area contributed by atoms with E-state index in [0.717, 1.165) is 27.4 Å². The van der Waals surface area contributed by atoms with Crippen molar-refractivity contribution in [2.75, 3.05) is 11.5 Å². The molecule has 4 aromatic rings. The number of amides is 1. The van der Waals surface area contributed by atoms with Crippen molar-refractivity contribution in [2.24, 2.45) is 0 Å². The van der Waals surface area contributed by atoms with Crippen LogP contribution in [0.1, 0.15) is 50.6 Å². The van der Waals surface area contributed by atoms with Gasteiger partial charge in [0.15, 0.2) is 5.13 Å². The van der Waals surface area contributed by atoms with Crippen LogP contribution in [0, 0.1) is 13.8 Å². The number of aryl methyl sites for hydroxylation is 2. The maximum absolute atomic E-state index is 13.5. The Balaban J connectivity index is 1.54. The third-order valence-corrected chi connectivity index (χ3v) is 8.65. The van der Waals surface area contributed by atoms with Crippen molar-refractivity contribution in [2.45, 2.75) is 33.4 Å². The van der Waals surface area contributed by atoms with Crippen LogP contribution in [-0.4, -0.2) is 34.4 Å². The number of rotatable bonds is 8. The van der Waals surface area contributed by atoms with E-state index in [9.17, 15) is 19.5 Å². The topological polar surface area (TPSA) is 106 Å². The zero-order valence-corrected chi connectivity index (χ0v) is 25.7. The Morgan fingerprint density at radius 2 is 1.77 bits per heavy atom. The predicted molar refractivity (Wildman–Crippen MR) is 166 cm³/mol. The molecule has 0 spiro atoms. The van der Waals surface area contributed by atoms with Gasteiger partial charge in [0.05, 0.1) is 34.0 Å². The number of aliphatic hydroxyl groups excluding tert-OH is 1. The average Bonchev–Trinajstić information content (AvgIpc) is 3.49. The van der Waals surface area contributed by atoms with Crippen LogP contribution >= 0.6 is 34.5 Å². The quantitative estimate of drug-likeness (QED) is 0.0926. The number of anilines is 1. The molecule has 1 unspecified atom stereocenters. The number of hydrogen-bond donors (Lipinski definition) is 1. The summed E-state index contributed by atoms with van der Waals surface area (Å²) >= 11 is 13.4. The molecule has 0 aliphatic carbocycles. The molecule has 3 aromatic carbocycles. The average molecular weight is 638 g/mol. The van der Waals surface area contributed by atoms with Crippen LogP contribution in [0.5, 0.6) is 5.75 Å². The minimum absolute atomic E-state index is 0.0951. The number of hydrogen-bond acceptors (Lipinski definition) is 8. The number of benzene rings is 3. The minimum Gasteiger partial charge on any atom is -0.507 e. The number of thiazole rings is 1. The van der Waals surface area contributed by atoms with Crippen molar-refractivity contribution < 1.29 is 29.0 Å². The van der Waals surface area contributed by atoms with E-state index in [1.54, 1.807) is 44.2 Å². The van der Waals surface area contributed by atoms with Gasteiger partial charge in [-0.15, -0.1) is 0 Å². The van der Waals surface area contributed by atoms with Gasteiger partial charge in [-0.25, -0.2) is 9.78 Å². The van der Waals surface area contributed by atoms with Gasteiger partial charge in [-0.05, 0) is 68.3 Å². The Kier molecular flexibility index (Phi) is 8.87. The van der Waals surface area contributed by atoms with Crippen LogP contribution in [0.15, 0.2) is 72.3 Å². The second-order valence-electron chi connectivity index (χ2n) is 9.78. The molecule has 1 aliphatic heterocycles. The molecule has 1 saturated heterocycles.